The second-order valence-electron chi connectivity index (χ2n) is 4.68. The predicted octanol–water partition coefficient (Wildman–Crippen LogP) is 3.38. The molecule has 88 valence electrons. The molecule has 1 aromatic heterocycles. The summed E-state index contributed by atoms with van der Waals surface area (Å²) in [5.41, 5.74) is 2.65. The molecule has 0 aromatic carbocycles. The molecule has 3 nitrogen and oxygen atoms in total. The lowest BCUT2D eigenvalue weighted by molar-refractivity contribution is 0.532. The fraction of sp³-hybridized carbons (Fsp3) is 0.800. The van der Waals surface area contributed by atoms with Crippen LogP contribution in [0.25, 0.3) is 0 Å². The largest absolute Gasteiger partial charge is 0.188 e. The highest BCUT2D eigenvalue weighted by Crippen LogP contribution is 2.54. The normalized spacial score (nSPS) is 37.2. The van der Waals surface area contributed by atoms with E-state index in [0.717, 1.165) is 15.8 Å². The van der Waals surface area contributed by atoms with Gasteiger partial charge in [-0.25, -0.2) is 0 Å². The molecule has 0 amide bonds. The number of rotatable bonds is 1. The summed E-state index contributed by atoms with van der Waals surface area (Å²) in [4.78, 5) is 0. The maximum atomic E-state index is 4.39. The van der Waals surface area contributed by atoms with Crippen LogP contribution < -0.4 is 0 Å². The van der Waals surface area contributed by atoms with Crippen LogP contribution in [0.3, 0.4) is 0 Å². The number of fused-ring (bicyclic) bond motifs is 2. The summed E-state index contributed by atoms with van der Waals surface area (Å²) in [6.07, 6.45) is 3.82. The number of halogens is 3. The number of hydrogen-bond acceptors (Lipinski definition) is 2. The van der Waals surface area contributed by atoms with Gasteiger partial charge in [0.15, 0.2) is 0 Å². The van der Waals surface area contributed by atoms with Crippen LogP contribution in [0.5, 0.6) is 0 Å². The van der Waals surface area contributed by atoms with Gasteiger partial charge in [-0.3, -0.25) is 0 Å². The van der Waals surface area contributed by atoms with Crippen molar-refractivity contribution in [2.45, 2.75) is 29.1 Å². The summed E-state index contributed by atoms with van der Waals surface area (Å²) in [5, 5.41) is 8.57. The first-order chi connectivity index (χ1) is 7.72. The quantitative estimate of drug-likeness (QED) is 0.394. The van der Waals surface area contributed by atoms with Crippen molar-refractivity contribution < 1.29 is 0 Å². The lowest BCUT2D eigenvalue weighted by Gasteiger charge is -2.15. The maximum Gasteiger partial charge on any atom is 0.0907 e. The van der Waals surface area contributed by atoms with E-state index in [1.165, 1.54) is 35.1 Å². The van der Waals surface area contributed by atoms with E-state index in [2.05, 4.69) is 78.4 Å². The molecule has 3 rings (SSSR count). The Hall–Kier alpha value is 1.33. The summed E-state index contributed by atoms with van der Waals surface area (Å²) in [5.74, 6) is 2.55. The number of alkyl halides is 2. The predicted molar refractivity (Wildman–Crippen MR) is 88.8 cm³/mol. The Balaban J connectivity index is 1.94. The van der Waals surface area contributed by atoms with E-state index < -0.39 is 0 Å². The monoisotopic (exact) mass is 555 g/mol. The standard InChI is InChI=1S/C10H12I3N3/c11-4-5-3-7-6(9(7)12)1-2-8-10(5)14-15-16(8)13/h5-7,9H,1-4H2. The van der Waals surface area contributed by atoms with Gasteiger partial charge in [0, 0.05) is 14.3 Å². The second-order valence-corrected chi connectivity index (χ2v) is 7.91. The van der Waals surface area contributed by atoms with Crippen LogP contribution in [0, 0.1) is 11.8 Å². The highest BCUT2D eigenvalue weighted by Gasteiger charge is 2.49. The van der Waals surface area contributed by atoms with Crippen molar-refractivity contribution in [2.24, 2.45) is 11.8 Å². The van der Waals surface area contributed by atoms with E-state index in [4.69, 9.17) is 0 Å². The van der Waals surface area contributed by atoms with E-state index >= 15 is 0 Å². The maximum absolute atomic E-state index is 4.39. The van der Waals surface area contributed by atoms with Gasteiger partial charge in [0.25, 0.3) is 0 Å². The van der Waals surface area contributed by atoms with Crippen molar-refractivity contribution in [3.05, 3.63) is 11.4 Å². The van der Waals surface area contributed by atoms with Crippen LogP contribution >= 0.6 is 68.0 Å². The minimum Gasteiger partial charge on any atom is -0.188 e. The Kier molecular flexibility index (Phi) is 3.70. The smallest absolute Gasteiger partial charge is 0.0907 e. The Labute approximate surface area is 136 Å². The minimum absolute atomic E-state index is 0.631. The molecule has 1 saturated carbocycles. The van der Waals surface area contributed by atoms with Crippen LogP contribution in [0.1, 0.15) is 30.1 Å². The molecule has 1 aromatic rings. The molecule has 0 radical (unpaired) electrons. The van der Waals surface area contributed by atoms with Crippen molar-refractivity contribution in [1.82, 2.24) is 13.2 Å². The first-order valence-electron chi connectivity index (χ1n) is 5.53. The fourth-order valence-electron chi connectivity index (χ4n) is 2.79. The first-order valence-corrected chi connectivity index (χ1v) is 9.26. The van der Waals surface area contributed by atoms with Crippen LogP contribution in [0.2, 0.25) is 0 Å². The van der Waals surface area contributed by atoms with Gasteiger partial charge >= 0.3 is 0 Å². The van der Waals surface area contributed by atoms with Gasteiger partial charge in [0.2, 0.25) is 0 Å². The Morgan fingerprint density at radius 1 is 1.38 bits per heavy atom. The molecular formula is C10H12I3N3. The van der Waals surface area contributed by atoms with E-state index in [9.17, 15) is 0 Å². The van der Waals surface area contributed by atoms with E-state index in [0.29, 0.717) is 5.92 Å². The summed E-state index contributed by atoms with van der Waals surface area (Å²) in [6.45, 7) is 0. The molecule has 2 aliphatic carbocycles. The zero-order valence-corrected chi connectivity index (χ0v) is 15.1. The summed E-state index contributed by atoms with van der Waals surface area (Å²) in [6, 6.07) is 0. The average Bonchev–Trinajstić information content (AvgIpc) is 2.67. The second kappa shape index (κ2) is 4.78. The molecule has 0 saturated heterocycles. The van der Waals surface area contributed by atoms with Crippen molar-refractivity contribution in [3.8, 4) is 0 Å². The molecule has 1 fully saturated rings. The summed E-state index contributed by atoms with van der Waals surface area (Å²) < 4.78 is 4.05. The van der Waals surface area contributed by atoms with Gasteiger partial charge in [-0.1, -0.05) is 50.4 Å². The van der Waals surface area contributed by atoms with Crippen LogP contribution in [-0.2, 0) is 6.42 Å². The molecule has 4 atom stereocenters. The Bertz CT molecular complexity index is 406. The van der Waals surface area contributed by atoms with Gasteiger partial charge in [0.05, 0.1) is 34.3 Å². The molecule has 1 heterocycles. The van der Waals surface area contributed by atoms with Gasteiger partial charge in [-0.15, -0.1) is 5.10 Å². The molecule has 2 aliphatic rings. The van der Waals surface area contributed by atoms with Gasteiger partial charge in [-0.05, 0) is 31.1 Å². The molecule has 16 heavy (non-hydrogen) atoms. The van der Waals surface area contributed by atoms with Crippen molar-refractivity contribution in [1.29, 1.82) is 0 Å². The molecule has 0 spiro atoms. The van der Waals surface area contributed by atoms with E-state index in [1.54, 1.807) is 0 Å². The Morgan fingerprint density at radius 3 is 2.94 bits per heavy atom. The van der Waals surface area contributed by atoms with Crippen molar-refractivity contribution in [2.75, 3.05) is 4.43 Å². The van der Waals surface area contributed by atoms with Crippen molar-refractivity contribution >= 4 is 68.0 Å². The number of aromatic nitrogens is 3. The molecular weight excluding hydrogens is 543 g/mol. The van der Waals surface area contributed by atoms with E-state index in [1.807, 2.05) is 2.90 Å². The van der Waals surface area contributed by atoms with Crippen LogP contribution in [0.15, 0.2) is 0 Å². The molecule has 4 unspecified atom stereocenters. The average molecular weight is 555 g/mol. The third-order valence-electron chi connectivity index (χ3n) is 3.82. The summed E-state index contributed by atoms with van der Waals surface area (Å²) in [7, 11) is 0. The lowest BCUT2D eigenvalue weighted by atomic mass is 9.93. The zero-order chi connectivity index (χ0) is 11.3. The van der Waals surface area contributed by atoms with Crippen molar-refractivity contribution in [3.63, 3.8) is 0 Å². The molecule has 0 N–H and O–H groups in total. The Morgan fingerprint density at radius 2 is 2.19 bits per heavy atom. The zero-order valence-electron chi connectivity index (χ0n) is 8.61. The third-order valence-corrected chi connectivity index (χ3v) is 7.51. The van der Waals surface area contributed by atoms with E-state index in [-0.39, 0.29) is 0 Å². The molecule has 6 heteroatoms. The highest BCUT2D eigenvalue weighted by atomic mass is 127. The van der Waals surface area contributed by atoms with Crippen LogP contribution in [-0.4, -0.2) is 21.6 Å². The molecule has 0 aliphatic heterocycles. The fourth-order valence-corrected chi connectivity index (χ4v) is 5.63. The van der Waals surface area contributed by atoms with Gasteiger partial charge in [0.1, 0.15) is 0 Å². The third kappa shape index (κ3) is 2.04. The summed E-state index contributed by atoms with van der Waals surface area (Å²) >= 11 is 7.39. The first kappa shape index (κ1) is 12.4. The van der Waals surface area contributed by atoms with Gasteiger partial charge < -0.3 is 0 Å². The SMILES string of the molecule is ICC1CC2C(I)C2CCc2c1nnn2I. The number of hydrogen-bond donors (Lipinski definition) is 0. The van der Waals surface area contributed by atoms with Gasteiger partial charge in [-0.2, -0.15) is 2.90 Å². The van der Waals surface area contributed by atoms with Crippen LogP contribution in [0.4, 0.5) is 0 Å². The highest BCUT2D eigenvalue weighted by molar-refractivity contribution is 14.1. The molecule has 0 bridgehead atoms. The topological polar surface area (TPSA) is 30.7 Å². The minimum atomic E-state index is 0.631. The lowest BCUT2D eigenvalue weighted by Crippen LogP contribution is -2.10. The number of nitrogens with zero attached hydrogens (tertiary/aromatic N) is 3.